The zero-order chi connectivity index (χ0) is 30.4. The van der Waals surface area contributed by atoms with Gasteiger partial charge in [-0.2, -0.15) is 0 Å². The number of nitrogens with one attached hydrogen (secondary N) is 1. The summed E-state index contributed by atoms with van der Waals surface area (Å²) in [6.07, 6.45) is 3.70. The number of nitrogens with zero attached hydrogens (tertiary/aromatic N) is 3. The number of non-ortho nitro benzene ring substituents is 1. The summed E-state index contributed by atoms with van der Waals surface area (Å²) in [6, 6.07) is 16.2. The van der Waals surface area contributed by atoms with Crippen LogP contribution in [0.1, 0.15) is 38.2 Å². The first kappa shape index (κ1) is 31.3. The second-order valence-electron chi connectivity index (χ2n) is 10.0. The number of hydrogen-bond donors (Lipinski definition) is 1. The van der Waals surface area contributed by atoms with Crippen LogP contribution in [-0.2, 0) is 26.2 Å². The standard InChI is InChI=1S/C29H30Cl2N4O6S/c1-20(29(37)32-23-7-5-6-8-23)33(18-21-11-12-22(30)17-27(21)31)28(36)19-34(24-13-15-25(16-14-24)35(38)39)42(40,41)26-9-3-2-4-10-26/h2-4,9-17,20,23H,5-8,18-19H2,1H3,(H,32,37)/t20-/m0/s1. The molecule has 222 valence electrons. The van der Waals surface area contributed by atoms with Crippen LogP contribution in [0.5, 0.6) is 0 Å². The number of halogens is 2. The third-order valence-electron chi connectivity index (χ3n) is 7.18. The Morgan fingerprint density at radius 1 is 1.02 bits per heavy atom. The number of nitro groups is 1. The number of nitro benzene ring substituents is 1. The number of amides is 2. The summed E-state index contributed by atoms with van der Waals surface area (Å²) in [5, 5.41) is 14.9. The summed E-state index contributed by atoms with van der Waals surface area (Å²) in [5.41, 5.74) is 0.325. The van der Waals surface area contributed by atoms with Crippen LogP contribution < -0.4 is 9.62 Å². The molecule has 1 saturated carbocycles. The van der Waals surface area contributed by atoms with Crippen molar-refractivity contribution in [2.24, 2.45) is 0 Å². The Kier molecular flexibility index (Phi) is 10.1. The molecule has 0 bridgehead atoms. The van der Waals surface area contributed by atoms with Crippen LogP contribution in [0.2, 0.25) is 10.0 Å². The van der Waals surface area contributed by atoms with Gasteiger partial charge in [-0.25, -0.2) is 8.42 Å². The summed E-state index contributed by atoms with van der Waals surface area (Å²) in [4.78, 5) is 39.1. The SMILES string of the molecule is C[C@@H](C(=O)NC1CCCC1)N(Cc1ccc(Cl)cc1Cl)C(=O)CN(c1ccc([N+](=O)[O-])cc1)S(=O)(=O)c1ccccc1. The Morgan fingerprint density at radius 2 is 1.67 bits per heavy atom. The van der Waals surface area contributed by atoms with Crippen LogP contribution in [0.25, 0.3) is 0 Å². The van der Waals surface area contributed by atoms with Gasteiger partial charge in [0.15, 0.2) is 0 Å². The Labute approximate surface area is 254 Å². The lowest BCUT2D eigenvalue weighted by Crippen LogP contribution is -2.52. The Balaban J connectivity index is 1.71. The molecule has 0 unspecified atom stereocenters. The maximum absolute atomic E-state index is 14.0. The number of carbonyl (C=O) groups is 2. The van der Waals surface area contributed by atoms with E-state index in [0.29, 0.717) is 10.6 Å². The number of sulfonamides is 1. The predicted octanol–water partition coefficient (Wildman–Crippen LogP) is 5.57. The summed E-state index contributed by atoms with van der Waals surface area (Å²) < 4.78 is 28.5. The van der Waals surface area contributed by atoms with E-state index in [9.17, 15) is 28.1 Å². The number of rotatable bonds is 11. The van der Waals surface area contributed by atoms with E-state index in [0.717, 1.165) is 42.1 Å². The number of hydrogen-bond acceptors (Lipinski definition) is 6. The second kappa shape index (κ2) is 13.5. The molecule has 0 spiro atoms. The molecular weight excluding hydrogens is 603 g/mol. The van der Waals surface area contributed by atoms with Gasteiger partial charge < -0.3 is 10.2 Å². The van der Waals surface area contributed by atoms with Gasteiger partial charge in [0.2, 0.25) is 11.8 Å². The molecule has 1 atom stereocenters. The molecule has 2 amide bonds. The average molecular weight is 634 g/mol. The lowest BCUT2D eigenvalue weighted by molar-refractivity contribution is -0.384. The van der Waals surface area contributed by atoms with E-state index in [1.165, 1.54) is 35.2 Å². The van der Waals surface area contributed by atoms with E-state index in [2.05, 4.69) is 5.32 Å². The van der Waals surface area contributed by atoms with E-state index < -0.39 is 33.4 Å². The topological polar surface area (TPSA) is 130 Å². The maximum atomic E-state index is 14.0. The number of benzene rings is 3. The van der Waals surface area contributed by atoms with Crippen molar-refractivity contribution in [2.75, 3.05) is 10.8 Å². The molecule has 1 fully saturated rings. The molecule has 0 heterocycles. The van der Waals surface area contributed by atoms with Crippen molar-refractivity contribution in [2.45, 2.75) is 56.1 Å². The van der Waals surface area contributed by atoms with Crippen molar-refractivity contribution < 1.29 is 22.9 Å². The van der Waals surface area contributed by atoms with Crippen molar-refractivity contribution in [1.82, 2.24) is 10.2 Å². The summed E-state index contributed by atoms with van der Waals surface area (Å²) in [6.45, 7) is 0.808. The van der Waals surface area contributed by atoms with Crippen LogP contribution in [-0.4, -0.2) is 48.7 Å². The Morgan fingerprint density at radius 3 is 2.26 bits per heavy atom. The van der Waals surface area contributed by atoms with Gasteiger partial charge in [-0.15, -0.1) is 0 Å². The Bertz CT molecular complexity index is 1550. The van der Waals surface area contributed by atoms with Crippen molar-refractivity contribution in [1.29, 1.82) is 0 Å². The van der Waals surface area contributed by atoms with Crippen LogP contribution in [0.4, 0.5) is 11.4 Å². The molecule has 42 heavy (non-hydrogen) atoms. The quantitative estimate of drug-likeness (QED) is 0.217. The van der Waals surface area contributed by atoms with Crippen molar-refractivity contribution >= 4 is 56.4 Å². The Hall–Kier alpha value is -3.67. The van der Waals surface area contributed by atoms with Gasteiger partial charge in [0, 0.05) is 34.8 Å². The molecule has 3 aromatic carbocycles. The lowest BCUT2D eigenvalue weighted by Gasteiger charge is -2.32. The normalized spacial score (nSPS) is 14.3. The summed E-state index contributed by atoms with van der Waals surface area (Å²) >= 11 is 12.5. The fourth-order valence-electron chi connectivity index (χ4n) is 4.80. The van der Waals surface area contributed by atoms with Gasteiger partial charge >= 0.3 is 0 Å². The fraction of sp³-hybridized carbons (Fsp3) is 0.310. The summed E-state index contributed by atoms with van der Waals surface area (Å²) in [5.74, 6) is -1.04. The number of anilines is 1. The molecule has 0 saturated heterocycles. The van der Waals surface area contributed by atoms with E-state index in [1.807, 2.05) is 0 Å². The zero-order valence-electron chi connectivity index (χ0n) is 22.8. The highest BCUT2D eigenvalue weighted by Crippen LogP contribution is 2.28. The molecule has 3 aromatic rings. The van der Waals surface area contributed by atoms with Gasteiger partial charge in [-0.05, 0) is 61.7 Å². The monoisotopic (exact) mass is 632 g/mol. The number of carbonyl (C=O) groups excluding carboxylic acids is 2. The highest BCUT2D eigenvalue weighted by molar-refractivity contribution is 7.92. The van der Waals surface area contributed by atoms with Gasteiger partial charge in [0.1, 0.15) is 12.6 Å². The fourth-order valence-corrected chi connectivity index (χ4v) is 6.70. The van der Waals surface area contributed by atoms with E-state index in [1.54, 1.807) is 37.3 Å². The minimum absolute atomic E-state index is 0.00564. The van der Waals surface area contributed by atoms with E-state index >= 15 is 0 Å². The van der Waals surface area contributed by atoms with E-state index in [4.69, 9.17) is 23.2 Å². The molecule has 10 nitrogen and oxygen atoms in total. The molecule has 0 aliphatic heterocycles. The van der Waals surface area contributed by atoms with Crippen molar-refractivity contribution in [3.63, 3.8) is 0 Å². The van der Waals surface area contributed by atoms with E-state index in [-0.39, 0.29) is 39.8 Å². The third kappa shape index (κ3) is 7.39. The minimum Gasteiger partial charge on any atom is -0.352 e. The molecule has 0 radical (unpaired) electrons. The van der Waals surface area contributed by atoms with Crippen molar-refractivity contribution in [3.8, 4) is 0 Å². The van der Waals surface area contributed by atoms with Gasteiger partial charge in [-0.1, -0.05) is 60.3 Å². The second-order valence-corrected chi connectivity index (χ2v) is 12.7. The average Bonchev–Trinajstić information content (AvgIpc) is 3.48. The minimum atomic E-state index is -4.30. The molecule has 4 rings (SSSR count). The van der Waals surface area contributed by atoms with Crippen LogP contribution in [0.3, 0.4) is 0 Å². The molecular formula is C29H30Cl2N4O6S. The van der Waals surface area contributed by atoms with Crippen LogP contribution >= 0.6 is 23.2 Å². The van der Waals surface area contributed by atoms with Gasteiger partial charge in [0.25, 0.3) is 15.7 Å². The van der Waals surface area contributed by atoms with Gasteiger partial charge in [-0.3, -0.25) is 24.0 Å². The first-order valence-electron chi connectivity index (χ1n) is 13.3. The predicted molar refractivity (Wildman–Crippen MR) is 161 cm³/mol. The first-order valence-corrected chi connectivity index (χ1v) is 15.5. The molecule has 1 aliphatic carbocycles. The molecule has 1 N–H and O–H groups in total. The van der Waals surface area contributed by atoms with Gasteiger partial charge in [0.05, 0.1) is 15.5 Å². The highest BCUT2D eigenvalue weighted by atomic mass is 35.5. The zero-order valence-corrected chi connectivity index (χ0v) is 25.1. The van der Waals surface area contributed by atoms with Crippen molar-refractivity contribution in [3.05, 3.63) is 98.5 Å². The molecule has 0 aromatic heterocycles. The molecule has 1 aliphatic rings. The van der Waals surface area contributed by atoms with Crippen LogP contribution in [0, 0.1) is 10.1 Å². The largest absolute Gasteiger partial charge is 0.352 e. The smallest absolute Gasteiger partial charge is 0.269 e. The first-order chi connectivity index (χ1) is 20.0. The maximum Gasteiger partial charge on any atom is 0.269 e. The molecule has 13 heteroatoms. The highest BCUT2D eigenvalue weighted by Gasteiger charge is 2.33. The third-order valence-corrected chi connectivity index (χ3v) is 9.56. The lowest BCUT2D eigenvalue weighted by atomic mass is 10.1. The summed E-state index contributed by atoms with van der Waals surface area (Å²) in [7, 11) is -4.30. The van der Waals surface area contributed by atoms with Crippen LogP contribution in [0.15, 0.2) is 77.7 Å².